The van der Waals surface area contributed by atoms with E-state index in [4.69, 9.17) is 11.6 Å². The molecule has 1 N–H and O–H groups in total. The zero-order chi connectivity index (χ0) is 9.59. The molecule has 0 atom stereocenters. The van der Waals surface area contributed by atoms with Crippen molar-refractivity contribution in [3.63, 3.8) is 0 Å². The molecule has 1 aromatic heterocycles. The molecule has 1 aromatic rings. The number of halogens is 3. The molecule has 1 amide bonds. The fraction of sp³-hybridized carbons (Fsp3) is 0.143. The van der Waals surface area contributed by atoms with Gasteiger partial charge in [0.2, 0.25) is 0 Å². The molecule has 0 spiro atoms. The van der Waals surface area contributed by atoms with Gasteiger partial charge in [-0.2, -0.15) is 4.39 Å². The van der Waals surface area contributed by atoms with Gasteiger partial charge in [-0.05, 0) is 0 Å². The highest BCUT2D eigenvalue weighted by atomic mass is 35.5. The average Bonchev–Trinajstić information content (AvgIpc) is 2.44. The first-order valence-electron chi connectivity index (χ1n) is 3.43. The summed E-state index contributed by atoms with van der Waals surface area (Å²) in [6.07, 6.45) is 0. The standard InChI is InChI=1S/C7H3ClF2N2O/c8-5-3-2(1-11-7(3)13)4(9)6(10)12-5/h1H2,(H,11,13). The van der Waals surface area contributed by atoms with Crippen molar-refractivity contribution >= 4 is 17.5 Å². The molecule has 0 fully saturated rings. The van der Waals surface area contributed by atoms with Crippen molar-refractivity contribution in [1.82, 2.24) is 10.3 Å². The third-order valence-electron chi connectivity index (χ3n) is 1.80. The summed E-state index contributed by atoms with van der Waals surface area (Å²) >= 11 is 5.46. The van der Waals surface area contributed by atoms with E-state index in [1.54, 1.807) is 0 Å². The van der Waals surface area contributed by atoms with E-state index in [0.717, 1.165) is 0 Å². The van der Waals surface area contributed by atoms with Crippen LogP contribution in [0.1, 0.15) is 15.9 Å². The summed E-state index contributed by atoms with van der Waals surface area (Å²) in [6, 6.07) is 0. The van der Waals surface area contributed by atoms with E-state index in [9.17, 15) is 13.6 Å². The third kappa shape index (κ3) is 1.07. The second-order valence-corrected chi connectivity index (χ2v) is 2.90. The predicted octanol–water partition coefficient (Wildman–Crippen LogP) is 1.26. The molecule has 0 unspecified atom stereocenters. The van der Waals surface area contributed by atoms with Gasteiger partial charge in [0.15, 0.2) is 5.82 Å². The number of fused-ring (bicyclic) bond motifs is 1. The minimum Gasteiger partial charge on any atom is -0.348 e. The highest BCUT2D eigenvalue weighted by Crippen LogP contribution is 2.25. The monoisotopic (exact) mass is 204 g/mol. The van der Waals surface area contributed by atoms with Gasteiger partial charge in [-0.25, -0.2) is 9.37 Å². The molecule has 13 heavy (non-hydrogen) atoms. The van der Waals surface area contributed by atoms with Crippen LogP contribution in [0.2, 0.25) is 5.15 Å². The number of carbonyl (C=O) groups is 1. The zero-order valence-corrected chi connectivity index (χ0v) is 6.95. The molecule has 0 bridgehead atoms. The summed E-state index contributed by atoms with van der Waals surface area (Å²) in [5.41, 5.74) is -0.122. The lowest BCUT2D eigenvalue weighted by molar-refractivity contribution is 0.0965. The van der Waals surface area contributed by atoms with Crippen molar-refractivity contribution in [3.8, 4) is 0 Å². The molecule has 6 heteroatoms. The molecule has 2 heterocycles. The van der Waals surface area contributed by atoms with E-state index in [0.29, 0.717) is 0 Å². The van der Waals surface area contributed by atoms with Crippen LogP contribution in [-0.2, 0) is 6.54 Å². The Balaban J connectivity index is 2.76. The number of nitrogens with zero attached hydrogens (tertiary/aromatic N) is 1. The maximum atomic E-state index is 13.0. The lowest BCUT2D eigenvalue weighted by Crippen LogP contribution is -2.12. The summed E-state index contributed by atoms with van der Waals surface area (Å²) in [5, 5.41) is 2.02. The van der Waals surface area contributed by atoms with Crippen molar-refractivity contribution in [1.29, 1.82) is 0 Å². The van der Waals surface area contributed by atoms with Crippen LogP contribution < -0.4 is 5.32 Å². The smallest absolute Gasteiger partial charge is 0.255 e. The third-order valence-corrected chi connectivity index (χ3v) is 2.08. The van der Waals surface area contributed by atoms with Gasteiger partial charge >= 0.3 is 0 Å². The van der Waals surface area contributed by atoms with Gasteiger partial charge in [0.05, 0.1) is 5.56 Å². The van der Waals surface area contributed by atoms with E-state index in [1.165, 1.54) is 0 Å². The first-order chi connectivity index (χ1) is 6.11. The lowest BCUT2D eigenvalue weighted by Gasteiger charge is -2.00. The molecular formula is C7H3ClF2N2O. The van der Waals surface area contributed by atoms with Crippen LogP contribution in [0.25, 0.3) is 0 Å². The minimum absolute atomic E-state index is 0.0425. The highest BCUT2D eigenvalue weighted by molar-refractivity contribution is 6.33. The number of amides is 1. The van der Waals surface area contributed by atoms with Gasteiger partial charge in [0, 0.05) is 12.1 Å². The van der Waals surface area contributed by atoms with Gasteiger partial charge in [0.1, 0.15) is 5.15 Å². The van der Waals surface area contributed by atoms with Crippen molar-refractivity contribution in [3.05, 3.63) is 28.0 Å². The normalized spacial score (nSPS) is 14.2. The number of hydrogen-bond donors (Lipinski definition) is 1. The Morgan fingerprint density at radius 1 is 1.46 bits per heavy atom. The number of rotatable bonds is 0. The quantitative estimate of drug-likeness (QED) is 0.647. The zero-order valence-electron chi connectivity index (χ0n) is 6.20. The predicted molar refractivity (Wildman–Crippen MR) is 40.3 cm³/mol. The molecule has 1 aliphatic heterocycles. The van der Waals surface area contributed by atoms with Crippen LogP contribution in [-0.4, -0.2) is 10.9 Å². The number of pyridine rings is 1. The molecule has 0 radical (unpaired) electrons. The maximum Gasteiger partial charge on any atom is 0.255 e. The van der Waals surface area contributed by atoms with E-state index in [-0.39, 0.29) is 22.8 Å². The Bertz CT molecular complexity index is 408. The second kappa shape index (κ2) is 2.63. The Morgan fingerprint density at radius 3 is 2.85 bits per heavy atom. The molecule has 1 aliphatic rings. The molecular weight excluding hydrogens is 202 g/mol. The molecule has 0 aromatic carbocycles. The van der Waals surface area contributed by atoms with Crippen LogP contribution in [0.5, 0.6) is 0 Å². The summed E-state index contributed by atoms with van der Waals surface area (Å²) in [6.45, 7) is -0.0425. The molecule has 0 saturated heterocycles. The van der Waals surface area contributed by atoms with E-state index in [1.807, 2.05) is 0 Å². The summed E-state index contributed by atoms with van der Waals surface area (Å²) < 4.78 is 25.6. The number of hydrogen-bond acceptors (Lipinski definition) is 2. The molecule has 0 aliphatic carbocycles. The van der Waals surface area contributed by atoms with Gasteiger partial charge in [-0.3, -0.25) is 4.79 Å². The van der Waals surface area contributed by atoms with Crippen molar-refractivity contribution in [2.45, 2.75) is 6.54 Å². The first kappa shape index (κ1) is 8.37. The number of nitrogens with one attached hydrogen (secondary N) is 1. The van der Waals surface area contributed by atoms with Crippen LogP contribution in [0.15, 0.2) is 0 Å². The Kier molecular flexibility index (Phi) is 1.69. The minimum atomic E-state index is -1.28. The van der Waals surface area contributed by atoms with Crippen LogP contribution in [0, 0.1) is 11.8 Å². The van der Waals surface area contributed by atoms with E-state index < -0.39 is 17.7 Å². The van der Waals surface area contributed by atoms with E-state index >= 15 is 0 Å². The average molecular weight is 205 g/mol. The van der Waals surface area contributed by atoms with Gasteiger partial charge in [-0.1, -0.05) is 11.6 Å². The Hall–Kier alpha value is -1.23. The fourth-order valence-corrected chi connectivity index (χ4v) is 1.48. The van der Waals surface area contributed by atoms with Crippen LogP contribution in [0.4, 0.5) is 8.78 Å². The fourth-order valence-electron chi connectivity index (χ4n) is 1.20. The Morgan fingerprint density at radius 2 is 2.15 bits per heavy atom. The van der Waals surface area contributed by atoms with Crippen molar-refractivity contribution in [2.75, 3.05) is 0 Å². The number of carbonyl (C=O) groups excluding carboxylic acids is 1. The topological polar surface area (TPSA) is 42.0 Å². The van der Waals surface area contributed by atoms with Crippen molar-refractivity contribution < 1.29 is 13.6 Å². The number of aromatic nitrogens is 1. The largest absolute Gasteiger partial charge is 0.348 e. The Labute approximate surface area is 76.7 Å². The molecule has 0 saturated carbocycles. The van der Waals surface area contributed by atoms with Gasteiger partial charge in [0.25, 0.3) is 11.9 Å². The van der Waals surface area contributed by atoms with Gasteiger partial charge < -0.3 is 5.32 Å². The second-order valence-electron chi connectivity index (χ2n) is 2.54. The lowest BCUT2D eigenvalue weighted by atomic mass is 10.2. The first-order valence-corrected chi connectivity index (χ1v) is 3.80. The van der Waals surface area contributed by atoms with Crippen LogP contribution in [0.3, 0.4) is 0 Å². The highest BCUT2D eigenvalue weighted by Gasteiger charge is 2.28. The molecule has 2 rings (SSSR count). The maximum absolute atomic E-state index is 13.0. The molecule has 68 valence electrons. The SMILES string of the molecule is O=C1NCc2c(F)c(F)nc(Cl)c21. The van der Waals surface area contributed by atoms with Gasteiger partial charge in [-0.15, -0.1) is 0 Å². The molecule has 3 nitrogen and oxygen atoms in total. The van der Waals surface area contributed by atoms with E-state index in [2.05, 4.69) is 10.3 Å². The summed E-state index contributed by atoms with van der Waals surface area (Å²) in [4.78, 5) is 14.1. The summed E-state index contributed by atoms with van der Waals surface area (Å²) in [5.74, 6) is -2.91. The summed E-state index contributed by atoms with van der Waals surface area (Å²) in [7, 11) is 0. The van der Waals surface area contributed by atoms with Crippen LogP contribution >= 0.6 is 11.6 Å². The van der Waals surface area contributed by atoms with Crippen molar-refractivity contribution in [2.24, 2.45) is 0 Å².